The second-order valence-corrected chi connectivity index (χ2v) is 9.30. The number of carbonyl (C=O) groups excluding carboxylic acids is 1. The minimum absolute atomic E-state index is 0.0403. The molecule has 6 nitrogen and oxygen atoms in total. The number of benzene rings is 5. The molecule has 0 saturated heterocycles. The van der Waals surface area contributed by atoms with Crippen LogP contribution in [0.25, 0.3) is 33.2 Å². The van der Waals surface area contributed by atoms with Crippen molar-refractivity contribution in [1.29, 1.82) is 0 Å². The minimum Gasteiger partial charge on any atom is -0.478 e. The van der Waals surface area contributed by atoms with Crippen LogP contribution in [0.1, 0.15) is 16.8 Å². The Hall–Kier alpha value is -5.23. The quantitative estimate of drug-likeness (QED) is 0.244. The van der Waals surface area contributed by atoms with Gasteiger partial charge in [-0.1, -0.05) is 72.8 Å². The smallest absolute Gasteiger partial charge is 0.335 e. The summed E-state index contributed by atoms with van der Waals surface area (Å²) >= 11 is 0. The summed E-state index contributed by atoms with van der Waals surface area (Å²) in [6, 6.07) is 38.3. The maximum atomic E-state index is 13.9. The highest BCUT2D eigenvalue weighted by molar-refractivity contribution is 6.02. The zero-order valence-electron chi connectivity index (χ0n) is 21.1. The van der Waals surface area contributed by atoms with E-state index in [1.807, 2.05) is 95.6 Å². The first kappa shape index (κ1) is 24.1. The van der Waals surface area contributed by atoms with Gasteiger partial charge in [-0.3, -0.25) is 9.69 Å². The number of aromatic nitrogens is 2. The number of para-hydroxylation sites is 3. The number of imidazole rings is 1. The van der Waals surface area contributed by atoms with Gasteiger partial charge < -0.3 is 9.67 Å². The van der Waals surface area contributed by atoms with Crippen LogP contribution in [0.5, 0.6) is 0 Å². The van der Waals surface area contributed by atoms with E-state index in [2.05, 4.69) is 6.07 Å². The molecule has 0 unspecified atom stereocenters. The molecule has 39 heavy (non-hydrogen) atoms. The maximum Gasteiger partial charge on any atom is 0.335 e. The molecule has 6 heteroatoms. The first-order chi connectivity index (χ1) is 19.1. The third kappa shape index (κ3) is 4.76. The lowest BCUT2D eigenvalue weighted by molar-refractivity contribution is -0.118. The van der Waals surface area contributed by atoms with Gasteiger partial charge >= 0.3 is 5.97 Å². The first-order valence-corrected chi connectivity index (χ1v) is 12.7. The van der Waals surface area contributed by atoms with Gasteiger partial charge in [0.2, 0.25) is 5.91 Å². The lowest BCUT2D eigenvalue weighted by atomic mass is 10.1. The van der Waals surface area contributed by atoms with E-state index in [9.17, 15) is 14.7 Å². The Balaban J connectivity index is 1.36. The molecule has 0 aliphatic carbocycles. The summed E-state index contributed by atoms with van der Waals surface area (Å²) < 4.78 is 2.03. The van der Waals surface area contributed by atoms with Crippen LogP contribution in [0.15, 0.2) is 121 Å². The predicted octanol–water partition coefficient (Wildman–Crippen LogP) is 7.31. The standard InChI is InChI=1S/C33H25N3O3/c37-31(36(27-10-2-1-3-11-27)28-19-18-23-8-4-5-9-26(23)22-28)20-21-35-30-13-7-6-12-29(30)34-32(35)24-14-16-25(17-15-24)33(38)39/h1-19,22H,20-21H2,(H,38,39). The lowest BCUT2D eigenvalue weighted by Gasteiger charge is -2.24. The normalized spacial score (nSPS) is 11.1. The molecule has 0 atom stereocenters. The van der Waals surface area contributed by atoms with Crippen molar-refractivity contribution in [2.75, 3.05) is 4.90 Å². The molecule has 1 heterocycles. The Kier molecular flexibility index (Phi) is 6.35. The number of nitrogens with zero attached hydrogens (tertiary/aromatic N) is 3. The number of rotatable bonds is 7. The van der Waals surface area contributed by atoms with E-state index in [-0.39, 0.29) is 17.9 Å². The summed E-state index contributed by atoms with van der Waals surface area (Å²) in [7, 11) is 0. The number of amides is 1. The summed E-state index contributed by atoms with van der Waals surface area (Å²) in [6.45, 7) is 0.409. The fourth-order valence-corrected chi connectivity index (χ4v) is 4.93. The summed E-state index contributed by atoms with van der Waals surface area (Å²) in [4.78, 5) is 31.8. The Morgan fingerprint density at radius 1 is 0.718 bits per heavy atom. The molecular formula is C33H25N3O3. The molecule has 190 valence electrons. The topological polar surface area (TPSA) is 75.4 Å². The Bertz CT molecular complexity index is 1810. The van der Waals surface area contributed by atoms with E-state index in [4.69, 9.17) is 4.98 Å². The van der Waals surface area contributed by atoms with E-state index in [0.29, 0.717) is 12.4 Å². The zero-order valence-corrected chi connectivity index (χ0v) is 21.1. The third-order valence-corrected chi connectivity index (χ3v) is 6.85. The van der Waals surface area contributed by atoms with E-state index >= 15 is 0 Å². The molecule has 0 aliphatic rings. The highest BCUT2D eigenvalue weighted by atomic mass is 16.4. The molecule has 0 radical (unpaired) electrons. The van der Waals surface area contributed by atoms with Gasteiger partial charge in [-0.25, -0.2) is 9.78 Å². The van der Waals surface area contributed by atoms with Crippen LogP contribution in [0, 0.1) is 0 Å². The van der Waals surface area contributed by atoms with Crippen LogP contribution in [0.2, 0.25) is 0 Å². The van der Waals surface area contributed by atoms with Crippen molar-refractivity contribution >= 4 is 45.1 Å². The molecule has 1 N–H and O–H groups in total. The molecule has 0 saturated carbocycles. The number of hydrogen-bond donors (Lipinski definition) is 1. The minimum atomic E-state index is -0.977. The molecule has 6 aromatic rings. The Morgan fingerprint density at radius 3 is 2.18 bits per heavy atom. The van der Waals surface area contributed by atoms with Crippen LogP contribution in [-0.4, -0.2) is 26.5 Å². The summed E-state index contributed by atoms with van der Waals surface area (Å²) in [5.41, 5.74) is 4.35. The number of carbonyl (C=O) groups is 2. The number of aryl methyl sites for hydroxylation is 1. The van der Waals surface area contributed by atoms with Gasteiger partial charge in [-0.15, -0.1) is 0 Å². The van der Waals surface area contributed by atoms with Gasteiger partial charge in [-0.2, -0.15) is 0 Å². The van der Waals surface area contributed by atoms with Gasteiger partial charge in [-0.05, 0) is 59.3 Å². The van der Waals surface area contributed by atoms with Gasteiger partial charge in [0.25, 0.3) is 0 Å². The van der Waals surface area contributed by atoms with Crippen LogP contribution < -0.4 is 4.90 Å². The molecule has 0 aliphatic heterocycles. The van der Waals surface area contributed by atoms with Crippen molar-refractivity contribution in [3.8, 4) is 11.4 Å². The number of fused-ring (bicyclic) bond motifs is 2. The summed E-state index contributed by atoms with van der Waals surface area (Å²) in [5.74, 6) is -0.324. The summed E-state index contributed by atoms with van der Waals surface area (Å²) in [5, 5.41) is 11.5. The fourth-order valence-electron chi connectivity index (χ4n) is 4.93. The fraction of sp³-hybridized carbons (Fsp3) is 0.0606. The van der Waals surface area contributed by atoms with Crippen molar-refractivity contribution in [3.05, 3.63) is 127 Å². The Morgan fingerprint density at radius 2 is 1.41 bits per heavy atom. The molecule has 0 spiro atoms. The monoisotopic (exact) mass is 511 g/mol. The van der Waals surface area contributed by atoms with E-state index < -0.39 is 5.97 Å². The first-order valence-electron chi connectivity index (χ1n) is 12.7. The van der Waals surface area contributed by atoms with Gasteiger partial charge in [0.05, 0.1) is 16.6 Å². The molecule has 0 fully saturated rings. The zero-order chi connectivity index (χ0) is 26.8. The van der Waals surface area contributed by atoms with E-state index in [1.165, 1.54) is 0 Å². The van der Waals surface area contributed by atoms with Gasteiger partial charge in [0, 0.05) is 29.9 Å². The van der Waals surface area contributed by atoms with Crippen molar-refractivity contribution in [2.45, 2.75) is 13.0 Å². The maximum absolute atomic E-state index is 13.9. The van der Waals surface area contributed by atoms with Crippen molar-refractivity contribution in [3.63, 3.8) is 0 Å². The summed E-state index contributed by atoms with van der Waals surface area (Å²) in [6.07, 6.45) is 0.238. The Labute approximate surface area is 225 Å². The van der Waals surface area contributed by atoms with Crippen LogP contribution in [0.4, 0.5) is 11.4 Å². The van der Waals surface area contributed by atoms with Crippen LogP contribution in [-0.2, 0) is 11.3 Å². The highest BCUT2D eigenvalue weighted by Crippen LogP contribution is 2.31. The number of anilines is 2. The molecule has 0 bridgehead atoms. The van der Waals surface area contributed by atoms with Gasteiger partial charge in [0.15, 0.2) is 0 Å². The predicted molar refractivity (Wildman–Crippen MR) is 154 cm³/mol. The van der Waals surface area contributed by atoms with E-state index in [0.717, 1.165) is 38.7 Å². The molecule has 6 rings (SSSR count). The lowest BCUT2D eigenvalue weighted by Crippen LogP contribution is -2.27. The number of hydrogen-bond acceptors (Lipinski definition) is 3. The van der Waals surface area contributed by atoms with Crippen molar-refractivity contribution in [2.24, 2.45) is 0 Å². The average molecular weight is 512 g/mol. The second kappa shape index (κ2) is 10.3. The van der Waals surface area contributed by atoms with Crippen LogP contribution >= 0.6 is 0 Å². The molecule has 1 amide bonds. The van der Waals surface area contributed by atoms with Crippen molar-refractivity contribution < 1.29 is 14.7 Å². The molecule has 1 aromatic heterocycles. The molecule has 5 aromatic carbocycles. The highest BCUT2D eigenvalue weighted by Gasteiger charge is 2.20. The average Bonchev–Trinajstić information content (AvgIpc) is 3.35. The van der Waals surface area contributed by atoms with Gasteiger partial charge in [0.1, 0.15) is 5.82 Å². The number of carboxylic acids is 1. The second-order valence-electron chi connectivity index (χ2n) is 9.30. The van der Waals surface area contributed by atoms with Crippen LogP contribution in [0.3, 0.4) is 0 Å². The SMILES string of the molecule is O=C(O)c1ccc(-c2nc3ccccc3n2CCC(=O)N(c2ccccc2)c2ccc3ccccc3c2)cc1. The number of aromatic carboxylic acids is 1. The largest absolute Gasteiger partial charge is 0.478 e. The number of carboxylic acid groups (broad SMARTS) is 1. The third-order valence-electron chi connectivity index (χ3n) is 6.85. The van der Waals surface area contributed by atoms with E-state index in [1.54, 1.807) is 29.2 Å². The molecular weight excluding hydrogens is 486 g/mol. The van der Waals surface area contributed by atoms with Crippen molar-refractivity contribution in [1.82, 2.24) is 9.55 Å².